The number of likely N-dealkylation sites (N-methyl/N-ethyl adjacent to an activating group) is 1. The van der Waals surface area contributed by atoms with Crippen LogP contribution in [-0.4, -0.2) is 52.8 Å². The summed E-state index contributed by atoms with van der Waals surface area (Å²) in [5.41, 5.74) is 3.47. The summed E-state index contributed by atoms with van der Waals surface area (Å²) in [4.78, 5) is 9.27. The lowest BCUT2D eigenvalue weighted by Crippen LogP contribution is -2.46. The van der Waals surface area contributed by atoms with Crippen molar-refractivity contribution in [2.24, 2.45) is 0 Å². The summed E-state index contributed by atoms with van der Waals surface area (Å²) in [5, 5.41) is 11.7. The van der Waals surface area contributed by atoms with E-state index in [1.807, 2.05) is 0 Å². The Labute approximate surface area is 137 Å². The van der Waals surface area contributed by atoms with Gasteiger partial charge >= 0.3 is 0 Å². The van der Waals surface area contributed by atoms with Crippen LogP contribution >= 0.6 is 0 Å². The predicted octanol–water partition coefficient (Wildman–Crippen LogP) is 2.37. The molecule has 23 heavy (non-hydrogen) atoms. The van der Waals surface area contributed by atoms with Crippen LogP contribution in [0.2, 0.25) is 0 Å². The van der Waals surface area contributed by atoms with Gasteiger partial charge in [0, 0.05) is 31.9 Å². The number of aromatic nitrogens is 3. The summed E-state index contributed by atoms with van der Waals surface area (Å²) in [5.74, 6) is 1.44. The average molecular weight is 312 g/mol. The maximum absolute atomic E-state index is 4.64. The van der Waals surface area contributed by atoms with Gasteiger partial charge in [0.05, 0.1) is 6.20 Å². The van der Waals surface area contributed by atoms with Crippen molar-refractivity contribution in [3.8, 4) is 0 Å². The van der Waals surface area contributed by atoms with Gasteiger partial charge in [-0.1, -0.05) is 19.1 Å². The molecule has 1 N–H and O–H groups in total. The number of hydrogen-bond donors (Lipinski definition) is 1. The summed E-state index contributed by atoms with van der Waals surface area (Å²) in [6, 6.07) is 6.34. The molecule has 0 spiro atoms. The minimum Gasteiger partial charge on any atom is -0.339 e. The molecular weight excluding hydrogens is 288 g/mol. The van der Waals surface area contributed by atoms with E-state index >= 15 is 0 Å². The van der Waals surface area contributed by atoms with E-state index in [4.69, 9.17) is 0 Å². The first-order chi connectivity index (χ1) is 11.2. The lowest BCUT2D eigenvalue weighted by atomic mass is 10.1. The van der Waals surface area contributed by atoms with E-state index in [9.17, 15) is 0 Å². The Bertz CT molecular complexity index is 664. The molecule has 0 amide bonds. The molecule has 3 rings (SSSR count). The fourth-order valence-electron chi connectivity index (χ4n) is 2.76. The first-order valence-electron chi connectivity index (χ1n) is 8.17. The first kappa shape index (κ1) is 15.7. The van der Waals surface area contributed by atoms with E-state index in [0.29, 0.717) is 5.95 Å². The van der Waals surface area contributed by atoms with Crippen molar-refractivity contribution in [1.82, 2.24) is 20.1 Å². The molecule has 1 aliphatic rings. The number of nitrogens with one attached hydrogen (secondary N) is 1. The molecule has 6 nitrogen and oxygen atoms in total. The summed E-state index contributed by atoms with van der Waals surface area (Å²) < 4.78 is 0. The van der Waals surface area contributed by atoms with Gasteiger partial charge in [0.25, 0.3) is 0 Å². The zero-order valence-electron chi connectivity index (χ0n) is 14.1. The van der Waals surface area contributed by atoms with Crippen molar-refractivity contribution in [3.05, 3.63) is 35.5 Å². The number of anilines is 3. The van der Waals surface area contributed by atoms with Gasteiger partial charge in [-0.25, -0.2) is 0 Å². The van der Waals surface area contributed by atoms with Crippen LogP contribution in [0.5, 0.6) is 0 Å². The maximum atomic E-state index is 4.64. The second kappa shape index (κ2) is 6.91. The Morgan fingerprint density at radius 2 is 1.91 bits per heavy atom. The number of hydrogen-bond acceptors (Lipinski definition) is 6. The molecule has 0 bridgehead atoms. The van der Waals surface area contributed by atoms with Crippen LogP contribution in [0.25, 0.3) is 0 Å². The molecule has 0 saturated carbocycles. The smallest absolute Gasteiger partial charge is 0.247 e. The molecule has 1 aliphatic heterocycles. The Morgan fingerprint density at radius 1 is 1.13 bits per heavy atom. The largest absolute Gasteiger partial charge is 0.339 e. The summed E-state index contributed by atoms with van der Waals surface area (Å²) in [6.07, 6.45) is 1.67. The van der Waals surface area contributed by atoms with Gasteiger partial charge in [-0.3, -0.25) is 0 Å². The molecule has 122 valence electrons. The highest BCUT2D eigenvalue weighted by molar-refractivity contribution is 5.61. The fourth-order valence-corrected chi connectivity index (χ4v) is 2.76. The van der Waals surface area contributed by atoms with E-state index in [1.165, 1.54) is 11.1 Å². The quantitative estimate of drug-likeness (QED) is 0.935. The van der Waals surface area contributed by atoms with Gasteiger partial charge in [-0.2, -0.15) is 10.1 Å². The molecule has 1 aromatic carbocycles. The third-order valence-electron chi connectivity index (χ3n) is 4.31. The number of nitrogens with zero attached hydrogens (tertiary/aromatic N) is 5. The van der Waals surface area contributed by atoms with Crippen LogP contribution in [-0.2, 0) is 0 Å². The van der Waals surface area contributed by atoms with Crippen LogP contribution < -0.4 is 10.2 Å². The van der Waals surface area contributed by atoms with Gasteiger partial charge in [-0.05, 0) is 37.6 Å². The standard InChI is InChI=1S/C17H24N6/c1-4-22-7-9-23(10-8-22)17-20-16(12-18-21-17)19-15-11-13(2)5-6-14(15)3/h5-6,11-12H,4,7-10H2,1-3H3,(H,19,20,21). The van der Waals surface area contributed by atoms with Gasteiger partial charge in [0.15, 0.2) is 5.82 Å². The molecule has 0 aliphatic carbocycles. The van der Waals surface area contributed by atoms with E-state index in [2.05, 4.69) is 69.3 Å². The van der Waals surface area contributed by atoms with Crippen LogP contribution in [0.15, 0.2) is 24.4 Å². The predicted molar refractivity (Wildman–Crippen MR) is 93.4 cm³/mol. The second-order valence-corrected chi connectivity index (χ2v) is 6.01. The average Bonchev–Trinajstić information content (AvgIpc) is 2.58. The number of benzene rings is 1. The normalized spacial score (nSPS) is 15.7. The van der Waals surface area contributed by atoms with Crippen molar-refractivity contribution in [2.45, 2.75) is 20.8 Å². The number of rotatable bonds is 4. The molecule has 2 heterocycles. The molecular formula is C17H24N6. The van der Waals surface area contributed by atoms with Crippen molar-refractivity contribution in [2.75, 3.05) is 42.9 Å². The van der Waals surface area contributed by atoms with Gasteiger partial charge < -0.3 is 15.1 Å². The lowest BCUT2D eigenvalue weighted by Gasteiger charge is -2.33. The third-order valence-corrected chi connectivity index (χ3v) is 4.31. The molecule has 1 fully saturated rings. The summed E-state index contributed by atoms with van der Waals surface area (Å²) in [6.45, 7) is 11.5. The Morgan fingerprint density at radius 3 is 2.65 bits per heavy atom. The Hall–Kier alpha value is -2.21. The van der Waals surface area contributed by atoms with Crippen LogP contribution in [0.3, 0.4) is 0 Å². The lowest BCUT2D eigenvalue weighted by molar-refractivity contribution is 0.269. The minimum atomic E-state index is 0.705. The number of aryl methyl sites for hydroxylation is 2. The molecule has 0 atom stereocenters. The zero-order chi connectivity index (χ0) is 16.2. The highest BCUT2D eigenvalue weighted by atomic mass is 15.4. The van der Waals surface area contributed by atoms with Crippen LogP contribution in [0.4, 0.5) is 17.5 Å². The fraction of sp³-hybridized carbons (Fsp3) is 0.471. The van der Waals surface area contributed by atoms with Gasteiger partial charge in [0.1, 0.15) is 0 Å². The SMILES string of the molecule is CCN1CCN(c2nncc(Nc3cc(C)ccc3C)n2)CC1. The van der Waals surface area contributed by atoms with Crippen molar-refractivity contribution in [3.63, 3.8) is 0 Å². The Kier molecular flexibility index (Phi) is 4.71. The van der Waals surface area contributed by atoms with Crippen LogP contribution in [0.1, 0.15) is 18.1 Å². The minimum absolute atomic E-state index is 0.705. The van der Waals surface area contributed by atoms with Crippen LogP contribution in [0, 0.1) is 13.8 Å². The molecule has 0 unspecified atom stereocenters. The highest BCUT2D eigenvalue weighted by Gasteiger charge is 2.18. The van der Waals surface area contributed by atoms with E-state index in [1.54, 1.807) is 6.20 Å². The van der Waals surface area contributed by atoms with Gasteiger partial charge in [0.2, 0.25) is 5.95 Å². The highest BCUT2D eigenvalue weighted by Crippen LogP contribution is 2.21. The second-order valence-electron chi connectivity index (χ2n) is 6.01. The summed E-state index contributed by atoms with van der Waals surface area (Å²) in [7, 11) is 0. The first-order valence-corrected chi connectivity index (χ1v) is 8.17. The Balaban J connectivity index is 1.74. The van der Waals surface area contributed by atoms with E-state index < -0.39 is 0 Å². The molecule has 0 radical (unpaired) electrons. The van der Waals surface area contributed by atoms with Crippen molar-refractivity contribution < 1.29 is 0 Å². The van der Waals surface area contributed by atoms with E-state index in [-0.39, 0.29) is 0 Å². The van der Waals surface area contributed by atoms with Crippen molar-refractivity contribution >= 4 is 17.5 Å². The maximum Gasteiger partial charge on any atom is 0.247 e. The third kappa shape index (κ3) is 3.76. The summed E-state index contributed by atoms with van der Waals surface area (Å²) >= 11 is 0. The zero-order valence-corrected chi connectivity index (χ0v) is 14.1. The number of piperazine rings is 1. The molecule has 2 aromatic rings. The van der Waals surface area contributed by atoms with Crippen molar-refractivity contribution in [1.29, 1.82) is 0 Å². The molecule has 1 saturated heterocycles. The molecule has 1 aromatic heterocycles. The van der Waals surface area contributed by atoms with Gasteiger partial charge in [-0.15, -0.1) is 5.10 Å². The molecule has 6 heteroatoms. The topological polar surface area (TPSA) is 57.2 Å². The monoisotopic (exact) mass is 312 g/mol. The van der Waals surface area contributed by atoms with E-state index in [0.717, 1.165) is 44.2 Å².